The summed E-state index contributed by atoms with van der Waals surface area (Å²) in [6.07, 6.45) is 0. The molecule has 0 unspecified atom stereocenters. The fourth-order valence-electron chi connectivity index (χ4n) is 1.64. The topological polar surface area (TPSA) is 76.2 Å². The van der Waals surface area contributed by atoms with Gasteiger partial charge in [-0.2, -0.15) is 5.26 Å². The highest BCUT2D eigenvalue weighted by Crippen LogP contribution is 2.30. The zero-order valence-corrected chi connectivity index (χ0v) is 12.0. The van der Waals surface area contributed by atoms with E-state index in [2.05, 4.69) is 15.9 Å². The molecule has 0 saturated carbocycles. The van der Waals surface area contributed by atoms with Gasteiger partial charge in [0.05, 0.1) is 10.5 Å². The van der Waals surface area contributed by atoms with Crippen molar-refractivity contribution in [3.05, 3.63) is 62.1 Å². The lowest BCUT2D eigenvalue weighted by atomic mass is 10.2. The molecule has 0 radical (unpaired) electrons. The van der Waals surface area contributed by atoms with Crippen molar-refractivity contribution in [2.75, 3.05) is 0 Å². The van der Waals surface area contributed by atoms with Gasteiger partial charge >= 0.3 is 0 Å². The number of aryl methyl sites for hydroxylation is 1. The second-order valence-electron chi connectivity index (χ2n) is 4.06. The Morgan fingerprint density at radius 1 is 1.30 bits per heavy atom. The molecule has 6 heteroatoms. The minimum Gasteiger partial charge on any atom is -0.457 e. The number of hydrogen-bond acceptors (Lipinski definition) is 4. The van der Waals surface area contributed by atoms with Crippen molar-refractivity contribution in [3.8, 4) is 17.6 Å². The highest BCUT2D eigenvalue weighted by Gasteiger charge is 2.10. The van der Waals surface area contributed by atoms with Crippen LogP contribution in [0.1, 0.15) is 11.1 Å². The number of nitrogens with zero attached hydrogens (tertiary/aromatic N) is 2. The summed E-state index contributed by atoms with van der Waals surface area (Å²) >= 11 is 3.28. The summed E-state index contributed by atoms with van der Waals surface area (Å²) < 4.78 is 6.30. The normalized spacial score (nSPS) is 9.85. The lowest BCUT2D eigenvalue weighted by Crippen LogP contribution is -1.92. The van der Waals surface area contributed by atoms with Crippen molar-refractivity contribution in [2.45, 2.75) is 6.92 Å². The zero-order valence-electron chi connectivity index (χ0n) is 10.5. The van der Waals surface area contributed by atoms with Gasteiger partial charge in [0.2, 0.25) is 0 Å². The number of nitro groups is 1. The average molecular weight is 333 g/mol. The third-order valence-corrected chi connectivity index (χ3v) is 3.31. The van der Waals surface area contributed by atoms with Gasteiger partial charge in [-0.15, -0.1) is 0 Å². The van der Waals surface area contributed by atoms with E-state index in [1.165, 1.54) is 12.1 Å². The van der Waals surface area contributed by atoms with E-state index in [9.17, 15) is 10.1 Å². The molecule has 0 aliphatic rings. The third kappa shape index (κ3) is 2.95. The summed E-state index contributed by atoms with van der Waals surface area (Å²) in [4.78, 5) is 10.2. The summed E-state index contributed by atoms with van der Waals surface area (Å²) in [5.41, 5.74) is 1.20. The number of hydrogen-bond donors (Lipinski definition) is 0. The van der Waals surface area contributed by atoms with E-state index in [1.807, 2.05) is 6.07 Å². The molecule has 0 saturated heterocycles. The van der Waals surface area contributed by atoms with E-state index in [4.69, 9.17) is 10.00 Å². The summed E-state index contributed by atoms with van der Waals surface area (Å²) in [6, 6.07) is 11.4. The molecule has 0 aromatic heterocycles. The second-order valence-corrected chi connectivity index (χ2v) is 4.92. The summed E-state index contributed by atoms with van der Waals surface area (Å²) in [6.45, 7) is 1.74. The lowest BCUT2D eigenvalue weighted by Gasteiger charge is -2.09. The van der Waals surface area contributed by atoms with E-state index in [0.29, 0.717) is 27.1 Å². The Balaban J connectivity index is 2.29. The van der Waals surface area contributed by atoms with Gasteiger partial charge in [0.1, 0.15) is 17.6 Å². The highest BCUT2D eigenvalue weighted by molar-refractivity contribution is 9.10. The summed E-state index contributed by atoms with van der Waals surface area (Å²) in [5.74, 6) is 1.08. The standard InChI is InChI=1S/C14H9BrN2O3/c1-9-6-11(17(18)19)3-5-14(9)20-12-4-2-10(8-16)13(15)7-12/h2-7H,1H3. The Bertz CT molecular complexity index is 723. The Morgan fingerprint density at radius 3 is 2.60 bits per heavy atom. The molecule has 5 nitrogen and oxygen atoms in total. The van der Waals surface area contributed by atoms with Crippen molar-refractivity contribution in [2.24, 2.45) is 0 Å². The molecule has 2 aromatic carbocycles. The van der Waals surface area contributed by atoms with Gasteiger partial charge in [-0.1, -0.05) is 0 Å². The van der Waals surface area contributed by atoms with Crippen LogP contribution in [-0.4, -0.2) is 4.92 Å². The first-order valence-corrected chi connectivity index (χ1v) is 6.43. The van der Waals surface area contributed by atoms with Crippen LogP contribution in [0.2, 0.25) is 0 Å². The van der Waals surface area contributed by atoms with Gasteiger partial charge in [0.25, 0.3) is 5.69 Å². The maximum atomic E-state index is 10.7. The number of nitro benzene ring substituents is 1. The van der Waals surface area contributed by atoms with Crippen LogP contribution in [-0.2, 0) is 0 Å². The fraction of sp³-hybridized carbons (Fsp3) is 0.0714. The number of ether oxygens (including phenoxy) is 1. The number of non-ortho nitro benzene ring substituents is 1. The molecule has 0 spiro atoms. The summed E-state index contributed by atoms with van der Waals surface area (Å²) in [7, 11) is 0. The molecule has 0 bridgehead atoms. The van der Waals surface area contributed by atoms with E-state index >= 15 is 0 Å². The maximum absolute atomic E-state index is 10.7. The van der Waals surface area contributed by atoms with Crippen LogP contribution < -0.4 is 4.74 Å². The molecule has 0 fully saturated rings. The number of rotatable bonds is 3. The second kappa shape index (κ2) is 5.72. The van der Waals surface area contributed by atoms with Crippen LogP contribution in [0, 0.1) is 28.4 Å². The van der Waals surface area contributed by atoms with Crippen LogP contribution in [0.25, 0.3) is 0 Å². The van der Waals surface area contributed by atoms with E-state index in [1.54, 1.807) is 31.2 Å². The average Bonchev–Trinajstić information content (AvgIpc) is 2.41. The van der Waals surface area contributed by atoms with Crippen molar-refractivity contribution in [1.82, 2.24) is 0 Å². The van der Waals surface area contributed by atoms with Gasteiger partial charge in [-0.25, -0.2) is 0 Å². The van der Waals surface area contributed by atoms with Gasteiger partial charge in [0.15, 0.2) is 0 Å². The molecule has 0 aliphatic carbocycles. The van der Waals surface area contributed by atoms with Crippen LogP contribution in [0.15, 0.2) is 40.9 Å². The molecular weight excluding hydrogens is 324 g/mol. The monoisotopic (exact) mass is 332 g/mol. The van der Waals surface area contributed by atoms with Crippen molar-refractivity contribution in [1.29, 1.82) is 5.26 Å². The first-order valence-electron chi connectivity index (χ1n) is 5.64. The van der Waals surface area contributed by atoms with Crippen molar-refractivity contribution >= 4 is 21.6 Å². The van der Waals surface area contributed by atoms with E-state index < -0.39 is 4.92 Å². The molecule has 2 rings (SSSR count). The number of halogens is 1. The molecule has 100 valence electrons. The maximum Gasteiger partial charge on any atom is 0.269 e. The molecule has 0 amide bonds. The Hall–Kier alpha value is -2.39. The Morgan fingerprint density at radius 2 is 2.05 bits per heavy atom. The smallest absolute Gasteiger partial charge is 0.269 e. The predicted molar refractivity (Wildman–Crippen MR) is 76.8 cm³/mol. The van der Waals surface area contributed by atoms with E-state index in [-0.39, 0.29) is 5.69 Å². The first-order chi connectivity index (χ1) is 9.51. The zero-order chi connectivity index (χ0) is 14.7. The van der Waals surface area contributed by atoms with Crippen LogP contribution >= 0.6 is 15.9 Å². The fourth-order valence-corrected chi connectivity index (χ4v) is 2.09. The predicted octanol–water partition coefficient (Wildman–Crippen LogP) is 4.33. The van der Waals surface area contributed by atoms with Gasteiger partial charge in [-0.05, 0) is 52.7 Å². The molecular formula is C14H9BrN2O3. The van der Waals surface area contributed by atoms with E-state index in [0.717, 1.165) is 0 Å². The summed E-state index contributed by atoms with van der Waals surface area (Å²) in [5, 5.41) is 19.5. The highest BCUT2D eigenvalue weighted by atomic mass is 79.9. The SMILES string of the molecule is Cc1cc([N+](=O)[O-])ccc1Oc1ccc(C#N)c(Br)c1. The van der Waals surface area contributed by atoms with Gasteiger partial charge < -0.3 is 4.74 Å². The van der Waals surface area contributed by atoms with Crippen molar-refractivity contribution in [3.63, 3.8) is 0 Å². The van der Waals surface area contributed by atoms with Crippen molar-refractivity contribution < 1.29 is 9.66 Å². The van der Waals surface area contributed by atoms with Gasteiger partial charge in [0, 0.05) is 16.6 Å². The molecule has 2 aromatic rings. The minimum absolute atomic E-state index is 0.0239. The Kier molecular flexibility index (Phi) is 4.01. The molecule has 0 heterocycles. The van der Waals surface area contributed by atoms with Crippen LogP contribution in [0.3, 0.4) is 0 Å². The minimum atomic E-state index is -0.449. The quantitative estimate of drug-likeness (QED) is 0.619. The number of nitriles is 1. The molecule has 0 atom stereocenters. The third-order valence-electron chi connectivity index (χ3n) is 2.66. The van der Waals surface area contributed by atoms with Gasteiger partial charge in [-0.3, -0.25) is 10.1 Å². The molecule has 0 N–H and O–H groups in total. The Labute approximate surface area is 123 Å². The lowest BCUT2D eigenvalue weighted by molar-refractivity contribution is -0.384. The van der Waals surface area contributed by atoms with Crippen LogP contribution in [0.5, 0.6) is 11.5 Å². The largest absolute Gasteiger partial charge is 0.457 e. The first kappa shape index (κ1) is 14.0. The number of benzene rings is 2. The molecule has 0 aliphatic heterocycles. The molecule has 20 heavy (non-hydrogen) atoms. The van der Waals surface area contributed by atoms with Crippen LogP contribution in [0.4, 0.5) is 5.69 Å².